The molecule has 4 heterocycles. The first-order chi connectivity index (χ1) is 19.9. The lowest BCUT2D eigenvalue weighted by molar-refractivity contribution is -0.138. The molecule has 3 aromatic heterocycles. The fourth-order valence-corrected chi connectivity index (χ4v) is 5.84. The lowest BCUT2D eigenvalue weighted by atomic mass is 10.1. The van der Waals surface area contributed by atoms with E-state index in [1.54, 1.807) is 0 Å². The number of rotatable bonds is 14. The van der Waals surface area contributed by atoms with Crippen LogP contribution in [0.25, 0.3) is 10.9 Å². The summed E-state index contributed by atoms with van der Waals surface area (Å²) < 4.78 is 4.08. The minimum atomic E-state index is -0.830. The third-order valence-electron chi connectivity index (χ3n) is 8.10. The number of aliphatic carboxylic acids is 1. The van der Waals surface area contributed by atoms with Crippen LogP contribution in [0.15, 0.2) is 48.7 Å². The number of hydrogen-bond donors (Lipinski definition) is 3. The normalized spacial score (nSPS) is 13.8. The summed E-state index contributed by atoms with van der Waals surface area (Å²) in [5.41, 5.74) is 6.56. The highest BCUT2D eigenvalue weighted by atomic mass is 16.4. The molecule has 0 fully saturated rings. The van der Waals surface area contributed by atoms with Crippen LogP contribution in [-0.4, -0.2) is 67.5 Å². The Labute approximate surface area is 242 Å². The number of unbranched alkanes of at least 4 members (excludes halogenated alkanes) is 1. The number of nitrogens with zero attached hydrogens (tertiary/aromatic N) is 5. The molecule has 4 aromatic rings. The number of aromatic nitrogens is 4. The maximum Gasteiger partial charge on any atom is 0.326 e. The first kappa shape index (κ1) is 28.7. The van der Waals surface area contributed by atoms with Gasteiger partial charge in [0, 0.05) is 55.2 Å². The van der Waals surface area contributed by atoms with Crippen molar-refractivity contribution in [3.63, 3.8) is 0 Å². The molecule has 9 nitrogen and oxygen atoms in total. The number of pyridine rings is 1. The van der Waals surface area contributed by atoms with Crippen molar-refractivity contribution in [1.82, 2.24) is 24.2 Å². The molecule has 1 unspecified atom stereocenters. The molecule has 5 rings (SSSR count). The number of aryl methyl sites for hydroxylation is 5. The molecule has 0 spiro atoms. The number of anilines is 2. The van der Waals surface area contributed by atoms with Crippen molar-refractivity contribution in [1.29, 1.82) is 0 Å². The van der Waals surface area contributed by atoms with Gasteiger partial charge in [0.15, 0.2) is 0 Å². The third kappa shape index (κ3) is 7.27. The second-order valence-corrected chi connectivity index (χ2v) is 11.3. The Morgan fingerprint density at radius 3 is 2.80 bits per heavy atom. The third-order valence-corrected chi connectivity index (χ3v) is 8.10. The summed E-state index contributed by atoms with van der Waals surface area (Å²) in [4.78, 5) is 19.5. The van der Waals surface area contributed by atoms with E-state index < -0.39 is 12.0 Å². The summed E-state index contributed by atoms with van der Waals surface area (Å²) in [5.74, 6) is 0.224. The summed E-state index contributed by atoms with van der Waals surface area (Å²) in [6.45, 7) is 8.30. The van der Waals surface area contributed by atoms with Crippen LogP contribution in [0.4, 0.5) is 11.5 Å². The van der Waals surface area contributed by atoms with Crippen LogP contribution >= 0.6 is 0 Å². The molecular weight excluding hydrogens is 514 g/mol. The Balaban J connectivity index is 1.20. The maximum absolute atomic E-state index is 12.3. The summed E-state index contributed by atoms with van der Waals surface area (Å²) in [5, 5.41) is 22.5. The molecule has 1 atom stereocenters. The van der Waals surface area contributed by atoms with Gasteiger partial charge in [-0.25, -0.2) is 9.78 Å². The van der Waals surface area contributed by atoms with Crippen LogP contribution < -0.4 is 10.6 Å². The van der Waals surface area contributed by atoms with Crippen molar-refractivity contribution in [2.24, 2.45) is 7.05 Å². The minimum absolute atomic E-state index is 0.508. The van der Waals surface area contributed by atoms with Crippen LogP contribution in [0.5, 0.6) is 0 Å². The Hall–Kier alpha value is -3.85. The van der Waals surface area contributed by atoms with Gasteiger partial charge in [0.25, 0.3) is 0 Å². The van der Waals surface area contributed by atoms with E-state index >= 15 is 0 Å². The van der Waals surface area contributed by atoms with Gasteiger partial charge in [0.2, 0.25) is 0 Å². The van der Waals surface area contributed by atoms with Crippen molar-refractivity contribution in [2.75, 3.05) is 36.8 Å². The quantitative estimate of drug-likeness (QED) is 0.187. The Kier molecular flexibility index (Phi) is 9.24. The molecule has 0 saturated heterocycles. The molecule has 0 amide bonds. The highest BCUT2D eigenvalue weighted by Crippen LogP contribution is 2.26. The molecule has 0 aliphatic carbocycles. The van der Waals surface area contributed by atoms with E-state index in [9.17, 15) is 9.90 Å². The molecule has 41 heavy (non-hydrogen) atoms. The molecule has 1 aliphatic rings. The zero-order chi connectivity index (χ0) is 28.8. The predicted molar refractivity (Wildman–Crippen MR) is 165 cm³/mol. The van der Waals surface area contributed by atoms with Crippen molar-refractivity contribution in [2.45, 2.75) is 65.0 Å². The Morgan fingerprint density at radius 2 is 2.00 bits per heavy atom. The molecular formula is C32H43N7O2. The Bertz CT molecular complexity index is 1470. The number of carboxylic acid groups (broad SMARTS) is 1. The highest BCUT2D eigenvalue weighted by molar-refractivity contribution is 5.94. The first-order valence-electron chi connectivity index (χ1n) is 14.9. The summed E-state index contributed by atoms with van der Waals surface area (Å²) in [6.07, 6.45) is 7.77. The average Bonchev–Trinajstić information content (AvgIpc) is 3.47. The lowest BCUT2D eigenvalue weighted by Crippen LogP contribution is -2.36. The predicted octanol–water partition coefficient (Wildman–Crippen LogP) is 5.03. The van der Waals surface area contributed by atoms with Gasteiger partial charge in [-0.15, -0.1) is 0 Å². The summed E-state index contributed by atoms with van der Waals surface area (Å²) in [6, 6.07) is 13.9. The van der Waals surface area contributed by atoms with Gasteiger partial charge in [0.05, 0.1) is 17.9 Å². The van der Waals surface area contributed by atoms with Gasteiger partial charge < -0.3 is 25.2 Å². The molecule has 1 aromatic carbocycles. The molecule has 3 N–H and O–H groups in total. The van der Waals surface area contributed by atoms with Crippen LogP contribution in [0.1, 0.15) is 48.3 Å². The highest BCUT2D eigenvalue weighted by Gasteiger charge is 2.21. The van der Waals surface area contributed by atoms with Gasteiger partial charge in [-0.3, -0.25) is 4.68 Å². The second kappa shape index (κ2) is 13.2. The van der Waals surface area contributed by atoms with Crippen molar-refractivity contribution in [3.8, 4) is 0 Å². The van der Waals surface area contributed by atoms with E-state index in [0.29, 0.717) is 13.0 Å². The monoisotopic (exact) mass is 557 g/mol. The van der Waals surface area contributed by atoms with Gasteiger partial charge in [0.1, 0.15) is 11.9 Å². The first-order valence-corrected chi connectivity index (χ1v) is 14.9. The average molecular weight is 558 g/mol. The number of fused-ring (bicyclic) bond motifs is 2. The summed E-state index contributed by atoms with van der Waals surface area (Å²) in [7, 11) is 1.99. The van der Waals surface area contributed by atoms with E-state index in [2.05, 4.69) is 50.4 Å². The largest absolute Gasteiger partial charge is 0.480 e. The topological polar surface area (TPSA) is 100 Å². The molecule has 0 bridgehead atoms. The van der Waals surface area contributed by atoms with E-state index in [-0.39, 0.29) is 0 Å². The zero-order valence-corrected chi connectivity index (χ0v) is 24.6. The maximum atomic E-state index is 12.3. The SMILES string of the molecule is Cc1cc(C)n(CCN(CCCCc2ccc3c(n2)NCCC3)CCC(Nc2cn(C)c3ccccc23)C(=O)O)n1. The van der Waals surface area contributed by atoms with Gasteiger partial charge in [-0.1, -0.05) is 24.3 Å². The van der Waals surface area contributed by atoms with Crippen molar-refractivity contribution >= 4 is 28.4 Å². The number of benzene rings is 1. The van der Waals surface area contributed by atoms with Crippen LogP contribution in [0.2, 0.25) is 0 Å². The number of para-hydroxylation sites is 1. The Morgan fingerprint density at radius 1 is 1.15 bits per heavy atom. The molecule has 218 valence electrons. The molecule has 0 saturated carbocycles. The fraction of sp³-hybridized carbons (Fsp3) is 0.469. The number of carboxylic acids is 1. The van der Waals surface area contributed by atoms with E-state index in [0.717, 1.165) is 91.4 Å². The summed E-state index contributed by atoms with van der Waals surface area (Å²) >= 11 is 0. The van der Waals surface area contributed by atoms with Crippen LogP contribution in [0, 0.1) is 13.8 Å². The molecule has 0 radical (unpaired) electrons. The minimum Gasteiger partial charge on any atom is -0.480 e. The van der Waals surface area contributed by atoms with Crippen molar-refractivity contribution in [3.05, 3.63) is 71.3 Å². The lowest BCUT2D eigenvalue weighted by Gasteiger charge is -2.25. The van der Waals surface area contributed by atoms with Crippen LogP contribution in [0.3, 0.4) is 0 Å². The zero-order valence-electron chi connectivity index (χ0n) is 24.6. The second-order valence-electron chi connectivity index (χ2n) is 11.3. The molecule has 1 aliphatic heterocycles. The van der Waals surface area contributed by atoms with Gasteiger partial charge >= 0.3 is 5.97 Å². The van der Waals surface area contributed by atoms with Crippen molar-refractivity contribution < 1.29 is 9.90 Å². The standard InChI is InChI=1S/C32H43N7O2/c1-23-21-24(2)39(36-23)20-19-38(17-7-6-10-26-14-13-25-9-8-16-33-31(25)34-26)18-15-28(32(40)41)35-29-22-37(3)30-12-5-4-11-27(29)30/h4-5,11-14,21-22,28,35H,6-10,15-20H2,1-3H3,(H,33,34)(H,40,41). The number of nitrogens with one attached hydrogen (secondary N) is 2. The molecule has 9 heteroatoms. The number of hydrogen-bond acceptors (Lipinski definition) is 6. The smallest absolute Gasteiger partial charge is 0.326 e. The van der Waals surface area contributed by atoms with E-state index in [1.807, 2.05) is 49.0 Å². The van der Waals surface area contributed by atoms with Gasteiger partial charge in [-0.05, 0) is 82.7 Å². The van der Waals surface area contributed by atoms with E-state index in [4.69, 9.17) is 4.98 Å². The van der Waals surface area contributed by atoms with Gasteiger partial charge in [-0.2, -0.15) is 5.10 Å². The number of carbonyl (C=O) groups is 1. The van der Waals surface area contributed by atoms with Crippen LogP contribution in [-0.2, 0) is 31.2 Å². The fourth-order valence-electron chi connectivity index (χ4n) is 5.84. The van der Waals surface area contributed by atoms with E-state index in [1.165, 1.54) is 12.0 Å².